The minimum Gasteiger partial charge on any atom is -0.444 e. The molecule has 4 heteroatoms. The summed E-state index contributed by atoms with van der Waals surface area (Å²) < 4.78 is 5.38. The first-order valence-corrected chi connectivity index (χ1v) is 7.50. The summed E-state index contributed by atoms with van der Waals surface area (Å²) in [7, 11) is 0. The van der Waals surface area contributed by atoms with Crippen LogP contribution in [0, 0.1) is 5.41 Å². The predicted molar refractivity (Wildman–Crippen MR) is 84.1 cm³/mol. The van der Waals surface area contributed by atoms with Crippen LogP contribution in [0.5, 0.6) is 0 Å². The number of hydrogen-bond donors (Lipinski definition) is 0. The fourth-order valence-corrected chi connectivity index (χ4v) is 2.60. The third-order valence-electron chi connectivity index (χ3n) is 3.75. The van der Waals surface area contributed by atoms with E-state index in [2.05, 4.69) is 6.58 Å². The van der Waals surface area contributed by atoms with Crippen LogP contribution in [0.1, 0.15) is 47.0 Å². The van der Waals surface area contributed by atoms with Crippen molar-refractivity contribution in [1.29, 1.82) is 0 Å². The van der Waals surface area contributed by atoms with E-state index in [1.807, 2.05) is 27.7 Å². The van der Waals surface area contributed by atoms with E-state index in [9.17, 15) is 9.59 Å². The van der Waals surface area contributed by atoms with Gasteiger partial charge in [0.2, 0.25) is 0 Å². The molecule has 4 nitrogen and oxygen atoms in total. The lowest BCUT2D eigenvalue weighted by Crippen LogP contribution is -2.47. The van der Waals surface area contributed by atoms with E-state index in [4.69, 9.17) is 4.74 Å². The molecule has 0 aromatic carbocycles. The highest BCUT2D eigenvalue weighted by atomic mass is 16.6. The van der Waals surface area contributed by atoms with Crippen molar-refractivity contribution >= 4 is 11.9 Å². The molecule has 0 aromatic rings. The number of hydrogen-bond acceptors (Lipinski definition) is 3. The molecule has 1 saturated heterocycles. The number of likely N-dealkylation sites (tertiary alicyclic amines) is 1. The van der Waals surface area contributed by atoms with E-state index in [1.54, 1.807) is 23.1 Å². The molecule has 1 aliphatic heterocycles. The van der Waals surface area contributed by atoms with Gasteiger partial charge < -0.3 is 9.64 Å². The zero-order chi connectivity index (χ0) is 16.1. The maximum absolute atomic E-state index is 12.3. The molecule has 21 heavy (non-hydrogen) atoms. The minimum atomic E-state index is -0.493. The number of ketones is 1. The van der Waals surface area contributed by atoms with Crippen LogP contribution < -0.4 is 0 Å². The van der Waals surface area contributed by atoms with Crippen LogP contribution >= 0.6 is 0 Å². The van der Waals surface area contributed by atoms with Crippen LogP contribution in [0.3, 0.4) is 0 Å². The van der Waals surface area contributed by atoms with E-state index in [0.717, 1.165) is 0 Å². The van der Waals surface area contributed by atoms with E-state index in [-0.39, 0.29) is 11.9 Å². The third kappa shape index (κ3) is 4.73. The van der Waals surface area contributed by atoms with Crippen molar-refractivity contribution in [2.45, 2.75) is 52.6 Å². The Kier molecular flexibility index (Phi) is 5.76. The van der Waals surface area contributed by atoms with Gasteiger partial charge in [0.05, 0.1) is 0 Å². The van der Waals surface area contributed by atoms with Crippen LogP contribution in [0.25, 0.3) is 0 Å². The Morgan fingerprint density at radius 3 is 2.29 bits per heavy atom. The Morgan fingerprint density at radius 1 is 1.29 bits per heavy atom. The van der Waals surface area contributed by atoms with Gasteiger partial charge in [-0.1, -0.05) is 12.2 Å². The second kappa shape index (κ2) is 6.92. The van der Waals surface area contributed by atoms with Gasteiger partial charge in [0.15, 0.2) is 5.78 Å². The number of ether oxygens (including phenoxy) is 1. The lowest BCUT2D eigenvalue weighted by atomic mass is 9.72. The molecule has 0 saturated carbocycles. The Labute approximate surface area is 127 Å². The quantitative estimate of drug-likeness (QED) is 0.586. The summed E-state index contributed by atoms with van der Waals surface area (Å²) in [6, 6.07) is 0. The maximum Gasteiger partial charge on any atom is 0.410 e. The van der Waals surface area contributed by atoms with Crippen molar-refractivity contribution in [2.24, 2.45) is 5.41 Å². The fourth-order valence-electron chi connectivity index (χ4n) is 2.60. The summed E-state index contributed by atoms with van der Waals surface area (Å²) >= 11 is 0. The van der Waals surface area contributed by atoms with E-state index in [0.29, 0.717) is 32.4 Å². The monoisotopic (exact) mass is 293 g/mol. The minimum absolute atomic E-state index is 0.133. The van der Waals surface area contributed by atoms with Gasteiger partial charge in [-0.05, 0) is 53.0 Å². The summed E-state index contributed by atoms with van der Waals surface area (Å²) in [5.74, 6) is 0.133. The van der Waals surface area contributed by atoms with Gasteiger partial charge in [0.25, 0.3) is 0 Å². The van der Waals surface area contributed by atoms with Gasteiger partial charge >= 0.3 is 6.09 Å². The highest BCUT2D eigenvalue weighted by Crippen LogP contribution is 2.37. The average Bonchev–Trinajstić information content (AvgIpc) is 2.38. The van der Waals surface area contributed by atoms with Crippen molar-refractivity contribution in [3.63, 3.8) is 0 Å². The molecule has 0 aliphatic carbocycles. The molecule has 0 aromatic heterocycles. The van der Waals surface area contributed by atoms with E-state index in [1.165, 1.54) is 0 Å². The summed E-state index contributed by atoms with van der Waals surface area (Å²) in [4.78, 5) is 26.1. The molecule has 1 fully saturated rings. The van der Waals surface area contributed by atoms with Crippen LogP contribution in [0.2, 0.25) is 0 Å². The van der Waals surface area contributed by atoms with E-state index < -0.39 is 11.0 Å². The zero-order valence-corrected chi connectivity index (χ0v) is 13.6. The molecule has 1 aliphatic rings. The van der Waals surface area contributed by atoms with Gasteiger partial charge in [-0.15, -0.1) is 6.58 Å². The fraction of sp³-hybridized carbons (Fsp3) is 0.647. The number of amides is 1. The Morgan fingerprint density at radius 2 is 1.86 bits per heavy atom. The van der Waals surface area contributed by atoms with Crippen molar-refractivity contribution < 1.29 is 14.3 Å². The van der Waals surface area contributed by atoms with E-state index >= 15 is 0 Å². The van der Waals surface area contributed by atoms with Crippen LogP contribution in [0.15, 0.2) is 24.8 Å². The number of carbonyl (C=O) groups excluding carboxylic acids is 2. The Bertz CT molecular complexity index is 424. The molecular formula is C17H27NO3. The SMILES string of the molecule is C=CCC1(C(=O)/C=C/C)CCN(C(=O)OC(C)(C)C)CC1. The molecule has 0 radical (unpaired) electrons. The van der Waals surface area contributed by atoms with Crippen molar-refractivity contribution in [3.05, 3.63) is 24.8 Å². The number of piperidine rings is 1. The topological polar surface area (TPSA) is 46.6 Å². The second-order valence-corrected chi connectivity index (χ2v) is 6.60. The van der Waals surface area contributed by atoms with Gasteiger partial charge in [-0.25, -0.2) is 4.79 Å². The smallest absolute Gasteiger partial charge is 0.410 e. The van der Waals surface area contributed by atoms with Gasteiger partial charge in [-0.2, -0.15) is 0 Å². The van der Waals surface area contributed by atoms with Crippen molar-refractivity contribution in [3.8, 4) is 0 Å². The molecule has 118 valence electrons. The van der Waals surface area contributed by atoms with Crippen molar-refractivity contribution in [1.82, 2.24) is 4.90 Å². The molecule has 1 amide bonds. The molecule has 0 N–H and O–H groups in total. The number of nitrogens with zero attached hydrogens (tertiary/aromatic N) is 1. The van der Waals surface area contributed by atoms with Gasteiger partial charge in [-0.3, -0.25) is 4.79 Å². The molecule has 1 rings (SSSR count). The lowest BCUT2D eigenvalue weighted by molar-refractivity contribution is -0.126. The second-order valence-electron chi connectivity index (χ2n) is 6.60. The van der Waals surface area contributed by atoms with Crippen LogP contribution in [0.4, 0.5) is 4.79 Å². The number of allylic oxidation sites excluding steroid dienone is 3. The Balaban J connectivity index is 2.73. The summed E-state index contributed by atoms with van der Waals surface area (Å²) in [6.07, 6.45) is 6.86. The largest absolute Gasteiger partial charge is 0.444 e. The first-order valence-electron chi connectivity index (χ1n) is 7.50. The summed E-state index contributed by atoms with van der Waals surface area (Å²) in [5.41, 5.74) is -0.903. The molecule has 0 spiro atoms. The summed E-state index contributed by atoms with van der Waals surface area (Å²) in [5, 5.41) is 0. The molecular weight excluding hydrogens is 266 g/mol. The normalized spacial score (nSPS) is 18.6. The third-order valence-corrected chi connectivity index (χ3v) is 3.75. The standard InChI is InChI=1S/C17H27NO3/c1-6-8-14(19)17(9-7-2)10-12-18(13-11-17)15(20)21-16(3,4)5/h6-8H,2,9-13H2,1,3-5H3/b8-6+. The number of rotatable bonds is 4. The molecule has 0 atom stereocenters. The number of carbonyl (C=O) groups is 2. The van der Waals surface area contributed by atoms with Crippen LogP contribution in [-0.4, -0.2) is 35.5 Å². The molecule has 0 bridgehead atoms. The van der Waals surface area contributed by atoms with Gasteiger partial charge in [0.1, 0.15) is 5.60 Å². The van der Waals surface area contributed by atoms with Gasteiger partial charge in [0, 0.05) is 18.5 Å². The van der Waals surface area contributed by atoms with Crippen molar-refractivity contribution in [2.75, 3.05) is 13.1 Å². The lowest BCUT2D eigenvalue weighted by Gasteiger charge is -2.40. The zero-order valence-electron chi connectivity index (χ0n) is 13.6. The first kappa shape index (κ1) is 17.5. The highest BCUT2D eigenvalue weighted by molar-refractivity contribution is 5.95. The molecule has 0 unspecified atom stereocenters. The first-order chi connectivity index (χ1) is 9.74. The predicted octanol–water partition coefficient (Wildman–Crippen LogP) is 3.73. The highest BCUT2D eigenvalue weighted by Gasteiger charge is 2.40. The maximum atomic E-state index is 12.3. The summed E-state index contributed by atoms with van der Waals surface area (Å²) in [6.45, 7) is 12.3. The average molecular weight is 293 g/mol. The van der Waals surface area contributed by atoms with Crippen LogP contribution in [-0.2, 0) is 9.53 Å². The molecule has 1 heterocycles. The Hall–Kier alpha value is -1.58.